The fraction of sp³-hybridized carbons (Fsp3) is 0.174. The summed E-state index contributed by atoms with van der Waals surface area (Å²) >= 11 is 17.9. The molecule has 0 radical (unpaired) electrons. The summed E-state index contributed by atoms with van der Waals surface area (Å²) in [7, 11) is 0. The highest BCUT2D eigenvalue weighted by molar-refractivity contribution is 7.80. The third-order valence-electron chi connectivity index (χ3n) is 5.02. The van der Waals surface area contributed by atoms with Crippen LogP contribution in [-0.4, -0.2) is 24.7 Å². The summed E-state index contributed by atoms with van der Waals surface area (Å²) in [6.07, 6.45) is 3.63. The second-order valence-corrected chi connectivity index (χ2v) is 8.68. The number of thiocarbonyl (C=S) groups is 1. The molecule has 0 aliphatic heterocycles. The molecule has 0 unspecified atom stereocenters. The smallest absolute Gasteiger partial charge is 0.175 e. The van der Waals surface area contributed by atoms with Crippen LogP contribution >= 0.6 is 35.4 Å². The third-order valence-corrected chi connectivity index (χ3v) is 5.83. The topological polar surface area (TPSA) is 59.7 Å². The fourth-order valence-electron chi connectivity index (χ4n) is 3.43. The van der Waals surface area contributed by atoms with E-state index in [1.54, 1.807) is 6.20 Å². The minimum atomic E-state index is 0.468. The van der Waals surface area contributed by atoms with Crippen LogP contribution < -0.4 is 10.6 Å². The van der Waals surface area contributed by atoms with E-state index in [4.69, 9.17) is 35.4 Å². The van der Waals surface area contributed by atoms with Crippen LogP contribution in [0, 0.1) is 13.8 Å². The standard InChI is InChI=1S/C23H22Cl2N6S/c1-15-22(16(2)31(29-15)13-18-7-3-4-9-21(18)25)28-23(32)27-20-11-26-30(14-20)12-17-6-5-8-19(24)10-17/h3-11,14H,12-13H2,1-2H3,(H2,27,28,32). The van der Waals surface area contributed by atoms with Crippen molar-refractivity contribution in [3.8, 4) is 0 Å². The number of rotatable bonds is 6. The molecular formula is C23H22Cl2N6S. The number of benzene rings is 2. The van der Waals surface area contributed by atoms with Crippen LogP contribution in [0.25, 0.3) is 0 Å². The van der Waals surface area contributed by atoms with Crippen molar-refractivity contribution < 1.29 is 0 Å². The highest BCUT2D eigenvalue weighted by atomic mass is 35.5. The molecule has 2 aromatic carbocycles. The highest BCUT2D eigenvalue weighted by Crippen LogP contribution is 2.23. The maximum atomic E-state index is 6.31. The Labute approximate surface area is 202 Å². The molecule has 2 aromatic heterocycles. The van der Waals surface area contributed by atoms with Gasteiger partial charge in [-0.3, -0.25) is 9.36 Å². The van der Waals surface area contributed by atoms with Crippen LogP contribution in [-0.2, 0) is 13.1 Å². The lowest BCUT2D eigenvalue weighted by molar-refractivity contribution is 0.659. The first-order chi connectivity index (χ1) is 15.4. The first-order valence-electron chi connectivity index (χ1n) is 10.0. The van der Waals surface area contributed by atoms with Crippen LogP contribution in [0.4, 0.5) is 11.4 Å². The lowest BCUT2D eigenvalue weighted by Gasteiger charge is -2.10. The maximum absolute atomic E-state index is 6.31. The van der Waals surface area contributed by atoms with E-state index in [-0.39, 0.29) is 0 Å². The van der Waals surface area contributed by atoms with Crippen LogP contribution in [0.3, 0.4) is 0 Å². The van der Waals surface area contributed by atoms with Gasteiger partial charge in [-0.15, -0.1) is 0 Å². The third kappa shape index (κ3) is 5.30. The molecule has 0 aliphatic carbocycles. The number of nitrogens with zero attached hydrogens (tertiary/aromatic N) is 4. The molecule has 0 spiro atoms. The van der Waals surface area contributed by atoms with Crippen molar-refractivity contribution >= 4 is 51.9 Å². The molecule has 164 valence electrons. The van der Waals surface area contributed by atoms with E-state index in [1.807, 2.05) is 77.9 Å². The molecule has 0 saturated heterocycles. The fourth-order valence-corrected chi connectivity index (χ4v) is 4.06. The van der Waals surface area contributed by atoms with E-state index < -0.39 is 0 Å². The molecule has 0 atom stereocenters. The minimum Gasteiger partial charge on any atom is -0.330 e. The Morgan fingerprint density at radius 2 is 1.84 bits per heavy atom. The zero-order chi connectivity index (χ0) is 22.7. The van der Waals surface area contributed by atoms with Gasteiger partial charge in [-0.25, -0.2) is 0 Å². The van der Waals surface area contributed by atoms with E-state index in [1.165, 1.54) is 0 Å². The largest absolute Gasteiger partial charge is 0.330 e. The number of aromatic nitrogens is 4. The van der Waals surface area contributed by atoms with Crippen LogP contribution in [0.5, 0.6) is 0 Å². The van der Waals surface area contributed by atoms with Gasteiger partial charge in [0.1, 0.15) is 0 Å². The van der Waals surface area contributed by atoms with Gasteiger partial charge in [0, 0.05) is 16.2 Å². The summed E-state index contributed by atoms with van der Waals surface area (Å²) in [5.74, 6) is 0. The number of hydrogen-bond acceptors (Lipinski definition) is 3. The quantitative estimate of drug-likeness (QED) is 0.333. The molecule has 0 saturated carbocycles. The first-order valence-corrected chi connectivity index (χ1v) is 11.2. The Morgan fingerprint density at radius 1 is 1.03 bits per heavy atom. The average molecular weight is 485 g/mol. The van der Waals surface area contributed by atoms with Gasteiger partial charge >= 0.3 is 0 Å². The first kappa shape index (κ1) is 22.3. The average Bonchev–Trinajstić information content (AvgIpc) is 3.28. The SMILES string of the molecule is Cc1nn(Cc2ccccc2Cl)c(C)c1NC(=S)Nc1cnn(Cc2cccc(Cl)c2)c1. The molecule has 4 rings (SSSR count). The normalized spacial score (nSPS) is 10.9. The molecule has 0 amide bonds. The molecule has 0 bridgehead atoms. The van der Waals surface area contributed by atoms with Gasteiger partial charge < -0.3 is 10.6 Å². The summed E-state index contributed by atoms with van der Waals surface area (Å²) in [5, 5.41) is 17.4. The van der Waals surface area contributed by atoms with Crippen molar-refractivity contribution in [1.82, 2.24) is 19.6 Å². The van der Waals surface area contributed by atoms with Crippen molar-refractivity contribution in [1.29, 1.82) is 0 Å². The van der Waals surface area contributed by atoms with Crippen LogP contribution in [0.2, 0.25) is 10.0 Å². The number of halogens is 2. The lowest BCUT2D eigenvalue weighted by atomic mass is 10.2. The Hall–Kier alpha value is -2.87. The van der Waals surface area contributed by atoms with Crippen molar-refractivity contribution in [3.63, 3.8) is 0 Å². The molecule has 0 fully saturated rings. The van der Waals surface area contributed by atoms with Crippen LogP contribution in [0.15, 0.2) is 60.9 Å². The predicted octanol–water partition coefficient (Wildman–Crippen LogP) is 5.91. The Bertz CT molecular complexity index is 1260. The molecule has 9 heteroatoms. The Kier molecular flexibility index (Phi) is 6.79. The van der Waals surface area contributed by atoms with Crippen LogP contribution in [0.1, 0.15) is 22.5 Å². The number of nitrogens with one attached hydrogen (secondary N) is 2. The van der Waals surface area contributed by atoms with E-state index in [0.29, 0.717) is 23.2 Å². The van der Waals surface area contributed by atoms with Crippen molar-refractivity contribution in [2.45, 2.75) is 26.9 Å². The van der Waals surface area contributed by atoms with Crippen molar-refractivity contribution in [2.24, 2.45) is 0 Å². The van der Waals surface area contributed by atoms with Crippen molar-refractivity contribution in [2.75, 3.05) is 10.6 Å². The van der Waals surface area contributed by atoms with Gasteiger partial charge in [-0.1, -0.05) is 53.5 Å². The zero-order valence-electron chi connectivity index (χ0n) is 17.6. The second-order valence-electron chi connectivity index (χ2n) is 7.43. The molecule has 32 heavy (non-hydrogen) atoms. The van der Waals surface area contributed by atoms with Gasteiger partial charge in [-0.2, -0.15) is 10.2 Å². The van der Waals surface area contributed by atoms with E-state index in [2.05, 4.69) is 20.8 Å². The summed E-state index contributed by atoms with van der Waals surface area (Å²) in [4.78, 5) is 0. The van der Waals surface area contributed by atoms with E-state index >= 15 is 0 Å². The predicted molar refractivity (Wildman–Crippen MR) is 135 cm³/mol. The van der Waals surface area contributed by atoms with E-state index in [9.17, 15) is 0 Å². The molecule has 6 nitrogen and oxygen atoms in total. The minimum absolute atomic E-state index is 0.468. The summed E-state index contributed by atoms with van der Waals surface area (Å²) < 4.78 is 3.75. The Morgan fingerprint density at radius 3 is 2.62 bits per heavy atom. The molecule has 2 heterocycles. The van der Waals surface area contributed by atoms with Gasteiger partial charge in [0.25, 0.3) is 0 Å². The lowest BCUT2D eigenvalue weighted by Crippen LogP contribution is -2.19. The van der Waals surface area contributed by atoms with Gasteiger partial charge in [-0.05, 0) is 55.4 Å². The van der Waals surface area contributed by atoms with Gasteiger partial charge in [0.05, 0.1) is 42.0 Å². The number of aryl methyl sites for hydroxylation is 1. The zero-order valence-corrected chi connectivity index (χ0v) is 20.0. The van der Waals surface area contributed by atoms with Crippen molar-refractivity contribution in [3.05, 3.63) is 93.5 Å². The van der Waals surface area contributed by atoms with E-state index in [0.717, 1.165) is 38.9 Å². The summed E-state index contributed by atoms with van der Waals surface area (Å²) in [5.41, 5.74) is 5.59. The highest BCUT2D eigenvalue weighted by Gasteiger charge is 2.14. The van der Waals surface area contributed by atoms with Gasteiger partial charge in [0.15, 0.2) is 5.11 Å². The maximum Gasteiger partial charge on any atom is 0.175 e. The molecule has 2 N–H and O–H groups in total. The Balaban J connectivity index is 1.41. The second kappa shape index (κ2) is 9.73. The molecular weight excluding hydrogens is 463 g/mol. The summed E-state index contributed by atoms with van der Waals surface area (Å²) in [6, 6.07) is 15.5. The molecule has 0 aliphatic rings. The summed E-state index contributed by atoms with van der Waals surface area (Å²) in [6.45, 7) is 5.16. The number of anilines is 2. The monoisotopic (exact) mass is 484 g/mol. The van der Waals surface area contributed by atoms with Gasteiger partial charge in [0.2, 0.25) is 0 Å². The number of hydrogen-bond donors (Lipinski definition) is 2. The molecule has 4 aromatic rings.